The third-order valence-corrected chi connectivity index (χ3v) is 9.46. The summed E-state index contributed by atoms with van der Waals surface area (Å²) in [5.74, 6) is -0.388. The molecule has 39 heavy (non-hydrogen) atoms. The molecule has 0 saturated carbocycles. The first-order chi connectivity index (χ1) is 17.9. The molecule has 0 bridgehead atoms. The molecule has 1 aromatic heterocycles. The molecule has 3 N–H and O–H groups in total. The van der Waals surface area contributed by atoms with Crippen LogP contribution in [0.15, 0.2) is 21.9 Å². The van der Waals surface area contributed by atoms with E-state index in [-0.39, 0.29) is 17.5 Å². The van der Waals surface area contributed by atoms with E-state index in [0.29, 0.717) is 4.57 Å². The van der Waals surface area contributed by atoms with Crippen LogP contribution in [-0.2, 0) is 39.9 Å². The Bertz CT molecular complexity index is 1190. The van der Waals surface area contributed by atoms with Crippen LogP contribution >= 0.6 is 30.0 Å². The molecule has 6 atom stereocenters. The number of aliphatic hydroxyl groups is 1. The van der Waals surface area contributed by atoms with Crippen LogP contribution < -0.4 is 16.3 Å². The van der Waals surface area contributed by atoms with E-state index < -0.39 is 71.6 Å². The number of hydrogen-bond donors (Lipinski definition) is 3. The molecular formula is C22H34ClFN3O9PS2. The van der Waals surface area contributed by atoms with Gasteiger partial charge in [0.05, 0.1) is 19.3 Å². The Balaban J connectivity index is 2.16. The summed E-state index contributed by atoms with van der Waals surface area (Å²) in [7, 11) is 0. The molecule has 222 valence electrons. The molecule has 12 nitrogen and oxygen atoms in total. The predicted molar refractivity (Wildman–Crippen MR) is 148 cm³/mol. The van der Waals surface area contributed by atoms with Gasteiger partial charge in [-0.2, -0.15) is 0 Å². The topological polar surface area (TPSA) is 158 Å². The molecule has 0 aromatic carbocycles. The van der Waals surface area contributed by atoms with Crippen LogP contribution in [-0.4, -0.2) is 74.2 Å². The zero-order valence-electron chi connectivity index (χ0n) is 22.3. The van der Waals surface area contributed by atoms with Gasteiger partial charge < -0.3 is 23.6 Å². The third-order valence-electron chi connectivity index (χ3n) is 5.14. The Labute approximate surface area is 239 Å². The predicted octanol–water partition coefficient (Wildman–Crippen LogP) is 2.19. The van der Waals surface area contributed by atoms with Gasteiger partial charge in [0, 0.05) is 23.4 Å². The number of rotatable bonds is 12. The van der Waals surface area contributed by atoms with Crippen molar-refractivity contribution in [3.05, 3.63) is 33.1 Å². The first kappa shape index (κ1) is 34.0. The second-order valence-corrected chi connectivity index (χ2v) is 14.9. The van der Waals surface area contributed by atoms with Gasteiger partial charge in [-0.25, -0.2) is 14.3 Å². The molecule has 2 heterocycles. The van der Waals surface area contributed by atoms with E-state index in [4.69, 9.17) is 41.9 Å². The van der Waals surface area contributed by atoms with Crippen LogP contribution in [0, 0.1) is 5.41 Å². The number of aliphatic hydroxyl groups excluding tert-OH is 1. The molecule has 1 fully saturated rings. The molecule has 0 spiro atoms. The SMILES string of the molecule is CC(C)OC(=O)[C@H](C)N[P@](=S)(OCCSC(=O)C(C)(C)C)OC[C@H]1O[C@@H](n2ccc(=O)[nH]c2=O)[C@](F)(Cl)[C@@H]1O. The van der Waals surface area contributed by atoms with Gasteiger partial charge in [-0.3, -0.25) is 23.9 Å². The Kier molecular flexibility index (Phi) is 11.9. The summed E-state index contributed by atoms with van der Waals surface area (Å²) in [5.41, 5.74) is -2.28. The molecule has 2 rings (SSSR count). The highest BCUT2D eigenvalue weighted by atomic mass is 35.5. The van der Waals surface area contributed by atoms with E-state index >= 15 is 4.39 Å². The number of carbonyl (C=O) groups is 2. The quantitative estimate of drug-likeness (QED) is 0.134. The maximum Gasteiger partial charge on any atom is 0.330 e. The van der Waals surface area contributed by atoms with Crippen LogP contribution in [0.2, 0.25) is 0 Å². The average molecular weight is 634 g/mol. The molecule has 0 amide bonds. The fraction of sp³-hybridized carbons (Fsp3) is 0.727. The monoisotopic (exact) mass is 633 g/mol. The molecular weight excluding hydrogens is 600 g/mol. The highest BCUT2D eigenvalue weighted by Crippen LogP contribution is 2.48. The smallest absolute Gasteiger partial charge is 0.330 e. The van der Waals surface area contributed by atoms with Gasteiger partial charge in [0.2, 0.25) is 0 Å². The Hall–Kier alpha value is -1.16. The highest BCUT2D eigenvalue weighted by molar-refractivity contribution is 8.13. The van der Waals surface area contributed by atoms with E-state index in [1.807, 2.05) is 4.98 Å². The lowest BCUT2D eigenvalue weighted by atomic mass is 10.00. The van der Waals surface area contributed by atoms with Crippen molar-refractivity contribution < 1.29 is 37.6 Å². The molecule has 1 aliphatic rings. The Morgan fingerprint density at radius 3 is 2.56 bits per heavy atom. The lowest BCUT2D eigenvalue weighted by Crippen LogP contribution is -2.42. The van der Waals surface area contributed by atoms with E-state index in [1.165, 1.54) is 6.92 Å². The van der Waals surface area contributed by atoms with E-state index in [1.54, 1.807) is 34.6 Å². The Morgan fingerprint density at radius 2 is 2.00 bits per heavy atom. The molecule has 1 saturated heterocycles. The second kappa shape index (κ2) is 13.7. The molecule has 1 aromatic rings. The molecule has 0 radical (unpaired) electrons. The van der Waals surface area contributed by atoms with Crippen LogP contribution in [0.1, 0.15) is 47.8 Å². The minimum atomic E-state index is -3.52. The number of hydrogen-bond acceptors (Lipinski definition) is 11. The Morgan fingerprint density at radius 1 is 1.36 bits per heavy atom. The molecule has 1 aliphatic heterocycles. The minimum absolute atomic E-state index is 0.0330. The average Bonchev–Trinajstić information content (AvgIpc) is 3.03. The second-order valence-electron chi connectivity index (χ2n) is 10.0. The molecule has 0 aliphatic carbocycles. The standard InChI is InChI=1S/C22H34ClFN3O9PS2/c1-12(2)35-17(30)13(3)26-37(38,33-9-10-39-19(31)21(4,5)6)34-11-14-16(29)22(23,24)18(36-14)27-8-7-15(28)25-20(27)32/h7-8,12-14,16,18,29H,9-11H2,1-6H3,(H,26,38)(H,25,28,32)/t13-,14+,16+,18+,22-,37-/m0/s1. The number of nitrogens with one attached hydrogen (secondary N) is 2. The summed E-state index contributed by atoms with van der Waals surface area (Å²) in [4.78, 5) is 50.0. The largest absolute Gasteiger partial charge is 0.462 e. The minimum Gasteiger partial charge on any atom is -0.462 e. The lowest BCUT2D eigenvalue weighted by Gasteiger charge is -2.28. The number of thioether (sulfide) groups is 1. The van der Waals surface area contributed by atoms with E-state index in [0.717, 1.165) is 24.0 Å². The van der Waals surface area contributed by atoms with Gasteiger partial charge in [0.15, 0.2) is 11.3 Å². The zero-order valence-corrected chi connectivity index (χ0v) is 25.6. The number of halogens is 2. The van der Waals surface area contributed by atoms with Gasteiger partial charge in [-0.15, -0.1) is 0 Å². The van der Waals surface area contributed by atoms with Crippen LogP contribution in [0.5, 0.6) is 0 Å². The van der Waals surface area contributed by atoms with Crippen molar-refractivity contribution in [3.8, 4) is 0 Å². The van der Waals surface area contributed by atoms with Gasteiger partial charge >= 0.3 is 11.7 Å². The number of ether oxygens (including phenoxy) is 2. The highest BCUT2D eigenvalue weighted by Gasteiger charge is 2.58. The van der Waals surface area contributed by atoms with Crippen molar-refractivity contribution in [2.75, 3.05) is 19.0 Å². The van der Waals surface area contributed by atoms with Crippen molar-refractivity contribution in [2.24, 2.45) is 5.41 Å². The first-order valence-corrected chi connectivity index (χ1v) is 15.9. The normalized spacial score (nSPS) is 25.8. The van der Waals surface area contributed by atoms with Gasteiger partial charge in [-0.05, 0) is 32.6 Å². The summed E-state index contributed by atoms with van der Waals surface area (Å²) in [6.45, 7) is 6.09. The summed E-state index contributed by atoms with van der Waals surface area (Å²) in [6.07, 6.45) is -4.61. The van der Waals surface area contributed by atoms with Crippen molar-refractivity contribution in [3.63, 3.8) is 0 Å². The summed E-state index contributed by atoms with van der Waals surface area (Å²) < 4.78 is 38.2. The summed E-state index contributed by atoms with van der Waals surface area (Å²) in [5, 5.41) is 10.3. The summed E-state index contributed by atoms with van der Waals surface area (Å²) >= 11 is 12.5. The molecule has 0 unspecified atom stereocenters. The number of alkyl halides is 2. The van der Waals surface area contributed by atoms with Crippen molar-refractivity contribution in [1.82, 2.24) is 14.6 Å². The first-order valence-electron chi connectivity index (χ1n) is 11.9. The fourth-order valence-corrected chi connectivity index (χ4v) is 6.70. The number of aromatic amines is 1. The lowest BCUT2D eigenvalue weighted by molar-refractivity contribution is -0.149. The van der Waals surface area contributed by atoms with Crippen molar-refractivity contribution in [1.29, 1.82) is 0 Å². The van der Waals surface area contributed by atoms with E-state index in [9.17, 15) is 24.3 Å². The van der Waals surface area contributed by atoms with Crippen LogP contribution in [0.25, 0.3) is 0 Å². The van der Waals surface area contributed by atoms with Gasteiger partial charge in [0.1, 0.15) is 18.2 Å². The number of H-pyrrole nitrogens is 1. The van der Waals surface area contributed by atoms with Crippen molar-refractivity contribution >= 4 is 52.9 Å². The van der Waals surface area contributed by atoms with Gasteiger partial charge in [0.25, 0.3) is 17.3 Å². The summed E-state index contributed by atoms with van der Waals surface area (Å²) in [6, 6.07) is 0.00297. The third kappa shape index (κ3) is 9.44. The van der Waals surface area contributed by atoms with Gasteiger partial charge in [-0.1, -0.05) is 44.1 Å². The van der Waals surface area contributed by atoms with E-state index in [2.05, 4.69) is 5.09 Å². The maximum absolute atomic E-state index is 15.3. The number of esters is 1. The van der Waals surface area contributed by atoms with Crippen LogP contribution in [0.3, 0.4) is 0 Å². The number of carbonyl (C=O) groups excluding carboxylic acids is 2. The maximum atomic E-state index is 15.3. The van der Waals surface area contributed by atoms with Crippen molar-refractivity contribution in [2.45, 2.75) is 77.3 Å². The van der Waals surface area contributed by atoms with Crippen LogP contribution in [0.4, 0.5) is 4.39 Å². The zero-order chi connectivity index (χ0) is 29.8. The molecule has 17 heteroatoms. The fourth-order valence-electron chi connectivity index (χ4n) is 3.13. The number of aromatic nitrogens is 2. The number of nitrogens with zero attached hydrogens (tertiary/aromatic N) is 1.